The van der Waals surface area contributed by atoms with Crippen LogP contribution in [0.2, 0.25) is 0 Å². The number of alkyl halides is 3. The van der Waals surface area contributed by atoms with Crippen molar-refractivity contribution in [1.82, 2.24) is 14.9 Å². The molecule has 1 aromatic carbocycles. The van der Waals surface area contributed by atoms with Gasteiger partial charge in [0.2, 0.25) is 0 Å². The quantitative estimate of drug-likeness (QED) is 0.385. The molecule has 1 unspecified atom stereocenters. The van der Waals surface area contributed by atoms with Crippen LogP contribution < -0.4 is 5.32 Å². The highest BCUT2D eigenvalue weighted by atomic mass is 19.4. The zero-order valence-corrected chi connectivity index (χ0v) is 16.9. The number of halogens is 3. The van der Waals surface area contributed by atoms with Crippen LogP contribution in [0.1, 0.15) is 23.0 Å². The Kier molecular flexibility index (Phi) is 6.62. The third-order valence-corrected chi connectivity index (χ3v) is 4.67. The third-order valence-electron chi connectivity index (χ3n) is 4.67. The summed E-state index contributed by atoms with van der Waals surface area (Å²) in [4.78, 5) is 21.3. The van der Waals surface area contributed by atoms with E-state index < -0.39 is 24.0 Å². The summed E-state index contributed by atoms with van der Waals surface area (Å²) >= 11 is 0. The van der Waals surface area contributed by atoms with Gasteiger partial charge < -0.3 is 10.2 Å². The van der Waals surface area contributed by atoms with Crippen LogP contribution in [0.4, 0.5) is 18.9 Å². The first-order chi connectivity index (χ1) is 15.2. The molecule has 7 nitrogen and oxygen atoms in total. The van der Waals surface area contributed by atoms with Gasteiger partial charge in [0, 0.05) is 35.4 Å². The molecule has 1 amide bonds. The number of benzene rings is 1. The number of rotatable bonds is 6. The van der Waals surface area contributed by atoms with Gasteiger partial charge in [0.25, 0.3) is 5.91 Å². The van der Waals surface area contributed by atoms with Gasteiger partial charge in [-0.05, 0) is 42.8 Å². The molecule has 10 heteroatoms. The highest BCUT2D eigenvalue weighted by Gasteiger charge is 2.40. The number of hydrogen-bond acceptors (Lipinski definition) is 5. The van der Waals surface area contributed by atoms with Crippen molar-refractivity contribution in [2.45, 2.75) is 19.1 Å². The zero-order chi connectivity index (χ0) is 23.3. The van der Waals surface area contributed by atoms with E-state index in [4.69, 9.17) is 10.8 Å². The number of amides is 1. The topological polar surface area (TPSA) is 106 Å². The van der Waals surface area contributed by atoms with E-state index >= 15 is 0 Å². The van der Waals surface area contributed by atoms with E-state index in [9.17, 15) is 18.0 Å². The molecule has 0 spiro atoms. The maximum absolute atomic E-state index is 13.0. The molecule has 3 aromatic rings. The summed E-state index contributed by atoms with van der Waals surface area (Å²) in [5.41, 5.74) is 2.08. The second kappa shape index (κ2) is 9.38. The lowest BCUT2D eigenvalue weighted by molar-refractivity contribution is -0.160. The largest absolute Gasteiger partial charge is 0.408 e. The minimum atomic E-state index is -4.61. The molecule has 0 aliphatic carbocycles. The number of anilines is 1. The van der Waals surface area contributed by atoms with Crippen molar-refractivity contribution in [3.8, 4) is 11.1 Å². The lowest BCUT2D eigenvalue weighted by Gasteiger charge is -2.28. The molecular formula is C22H19F3N6O. The predicted octanol–water partition coefficient (Wildman–Crippen LogP) is 4.58. The monoisotopic (exact) mass is 440 g/mol. The first-order valence-corrected chi connectivity index (χ1v) is 9.43. The minimum absolute atomic E-state index is 0.111. The van der Waals surface area contributed by atoms with Gasteiger partial charge in [-0.25, -0.2) is 0 Å². The smallest absolute Gasteiger partial charge is 0.321 e. The van der Waals surface area contributed by atoms with E-state index in [0.29, 0.717) is 11.2 Å². The van der Waals surface area contributed by atoms with Gasteiger partial charge in [-0.3, -0.25) is 25.6 Å². The van der Waals surface area contributed by atoms with Gasteiger partial charge in [0.1, 0.15) is 17.6 Å². The number of carbonyl (C=O) groups excluding carboxylic acids is 1. The Labute approximate surface area is 182 Å². The van der Waals surface area contributed by atoms with Gasteiger partial charge >= 0.3 is 6.18 Å². The number of aromatic nitrogens is 2. The standard InChI is InChI=1S/C22H19F3N6O/c1-14(22(23,24)25)31(13-26)20(27)16-4-2-6-18(10-16)30-21(32)19-11-15(7-9-29-19)17-5-3-8-28-12-17/h2-14,26-27H,1H3,(H,30,32). The number of hydrogen-bond donors (Lipinski definition) is 3. The Hall–Kier alpha value is -4.08. The van der Waals surface area contributed by atoms with Gasteiger partial charge in [-0.2, -0.15) is 13.2 Å². The Morgan fingerprint density at radius 2 is 1.91 bits per heavy atom. The molecule has 0 fully saturated rings. The summed E-state index contributed by atoms with van der Waals surface area (Å²) < 4.78 is 39.1. The molecule has 0 aliphatic rings. The van der Waals surface area contributed by atoms with E-state index in [1.54, 1.807) is 36.7 Å². The summed E-state index contributed by atoms with van der Waals surface area (Å²) in [6.07, 6.45) is 0.630. The molecule has 0 saturated heterocycles. The van der Waals surface area contributed by atoms with Crippen LogP contribution in [0.5, 0.6) is 0 Å². The maximum atomic E-state index is 13.0. The van der Waals surface area contributed by atoms with Crippen LogP contribution in [-0.4, -0.2) is 45.2 Å². The lowest BCUT2D eigenvalue weighted by atomic mass is 10.1. The summed E-state index contributed by atoms with van der Waals surface area (Å²) in [5.74, 6) is -1.04. The molecule has 32 heavy (non-hydrogen) atoms. The average molecular weight is 440 g/mol. The van der Waals surface area contributed by atoms with Gasteiger partial charge in [-0.15, -0.1) is 0 Å². The van der Waals surface area contributed by atoms with Crippen LogP contribution in [-0.2, 0) is 0 Å². The fraction of sp³-hybridized carbons (Fsp3) is 0.136. The highest BCUT2D eigenvalue weighted by Crippen LogP contribution is 2.25. The molecule has 2 aromatic heterocycles. The van der Waals surface area contributed by atoms with E-state index in [1.807, 2.05) is 6.07 Å². The van der Waals surface area contributed by atoms with Gasteiger partial charge in [-0.1, -0.05) is 18.2 Å². The Bertz CT molecular complexity index is 1130. The van der Waals surface area contributed by atoms with Gasteiger partial charge in [0.15, 0.2) is 0 Å². The van der Waals surface area contributed by atoms with Gasteiger partial charge in [0.05, 0.1) is 6.34 Å². The third kappa shape index (κ3) is 5.15. The fourth-order valence-electron chi connectivity index (χ4n) is 2.88. The predicted molar refractivity (Wildman–Crippen MR) is 115 cm³/mol. The summed E-state index contributed by atoms with van der Waals surface area (Å²) in [5, 5.41) is 18.0. The maximum Gasteiger partial charge on any atom is 0.408 e. The number of nitrogens with one attached hydrogen (secondary N) is 3. The molecule has 0 bridgehead atoms. The first kappa shape index (κ1) is 22.6. The van der Waals surface area contributed by atoms with Crippen molar-refractivity contribution in [2.75, 3.05) is 5.32 Å². The summed E-state index contributed by atoms with van der Waals surface area (Å²) in [7, 11) is 0. The molecule has 0 radical (unpaired) electrons. The van der Waals surface area contributed by atoms with E-state index in [0.717, 1.165) is 18.1 Å². The number of carbonyl (C=O) groups is 1. The van der Waals surface area contributed by atoms with Crippen molar-refractivity contribution in [1.29, 1.82) is 10.8 Å². The van der Waals surface area contributed by atoms with E-state index in [1.165, 1.54) is 24.4 Å². The van der Waals surface area contributed by atoms with Crippen LogP contribution in [0, 0.1) is 10.8 Å². The normalized spacial score (nSPS) is 12.0. The summed E-state index contributed by atoms with van der Waals surface area (Å²) in [6, 6.07) is 10.7. The van der Waals surface area contributed by atoms with E-state index in [2.05, 4.69) is 15.3 Å². The fourth-order valence-corrected chi connectivity index (χ4v) is 2.88. The number of pyridine rings is 2. The minimum Gasteiger partial charge on any atom is -0.321 e. The second-order valence-electron chi connectivity index (χ2n) is 6.81. The zero-order valence-electron chi connectivity index (χ0n) is 16.9. The van der Waals surface area contributed by atoms with Crippen LogP contribution in [0.3, 0.4) is 0 Å². The average Bonchev–Trinajstić information content (AvgIpc) is 2.79. The molecule has 3 N–H and O–H groups in total. The number of amidine groups is 1. The molecule has 3 rings (SSSR count). The van der Waals surface area contributed by atoms with E-state index in [-0.39, 0.29) is 16.9 Å². The Morgan fingerprint density at radius 3 is 2.56 bits per heavy atom. The molecule has 2 heterocycles. The molecular weight excluding hydrogens is 421 g/mol. The van der Waals surface area contributed by atoms with Crippen molar-refractivity contribution in [3.05, 3.63) is 78.4 Å². The Balaban J connectivity index is 1.80. The van der Waals surface area contributed by atoms with Crippen molar-refractivity contribution in [2.24, 2.45) is 0 Å². The SMILES string of the molecule is CC(N(C=N)C(=N)c1cccc(NC(=O)c2cc(-c3cccnc3)ccn2)c1)C(F)(F)F. The second-order valence-corrected chi connectivity index (χ2v) is 6.81. The highest BCUT2D eigenvalue weighted by molar-refractivity contribution is 6.06. The molecule has 1 atom stereocenters. The van der Waals surface area contributed by atoms with Crippen LogP contribution in [0.25, 0.3) is 11.1 Å². The molecule has 164 valence electrons. The van der Waals surface area contributed by atoms with Crippen molar-refractivity contribution in [3.63, 3.8) is 0 Å². The van der Waals surface area contributed by atoms with Crippen molar-refractivity contribution >= 4 is 23.8 Å². The van der Waals surface area contributed by atoms with Crippen molar-refractivity contribution < 1.29 is 18.0 Å². The van der Waals surface area contributed by atoms with Crippen LogP contribution in [0.15, 0.2) is 67.1 Å². The lowest BCUT2D eigenvalue weighted by Crippen LogP contribution is -2.46. The molecule has 0 saturated carbocycles. The Morgan fingerprint density at radius 1 is 1.12 bits per heavy atom. The molecule has 0 aliphatic heterocycles. The summed E-state index contributed by atoms with van der Waals surface area (Å²) in [6.45, 7) is 0.867. The number of nitrogens with zero attached hydrogens (tertiary/aromatic N) is 3. The first-order valence-electron chi connectivity index (χ1n) is 9.43. The van der Waals surface area contributed by atoms with Crippen LogP contribution >= 0.6 is 0 Å².